The maximum atomic E-state index is 12.0. The zero-order chi connectivity index (χ0) is 16.8. The molecule has 0 unspecified atom stereocenters. The summed E-state index contributed by atoms with van der Waals surface area (Å²) in [5.41, 5.74) is 3.66. The first-order valence-electron chi connectivity index (χ1n) is 6.79. The number of carbonyl (C=O) groups is 1. The Bertz CT molecular complexity index is 737. The fraction of sp³-hybridized carbons (Fsp3) is 0.125. The summed E-state index contributed by atoms with van der Waals surface area (Å²) < 4.78 is 0.805. The van der Waals surface area contributed by atoms with E-state index < -0.39 is 6.04 Å². The molecule has 0 spiro atoms. The molecule has 120 valence electrons. The molecule has 0 saturated heterocycles. The number of anilines is 1. The highest BCUT2D eigenvalue weighted by Gasteiger charge is 2.11. The first-order chi connectivity index (χ1) is 11.0. The van der Waals surface area contributed by atoms with E-state index in [1.807, 2.05) is 6.07 Å². The second kappa shape index (κ2) is 7.99. The number of amides is 1. The van der Waals surface area contributed by atoms with Gasteiger partial charge in [0.2, 0.25) is 0 Å². The van der Waals surface area contributed by atoms with Crippen LogP contribution in [0.2, 0.25) is 5.02 Å². The number of nitrogens with one attached hydrogen (secondary N) is 2. The van der Waals surface area contributed by atoms with Crippen molar-refractivity contribution in [3.05, 3.63) is 57.5 Å². The van der Waals surface area contributed by atoms with Crippen molar-refractivity contribution in [1.29, 1.82) is 0 Å². The van der Waals surface area contributed by atoms with E-state index in [1.54, 1.807) is 37.3 Å². The van der Waals surface area contributed by atoms with Crippen LogP contribution < -0.4 is 10.7 Å². The fourth-order valence-electron chi connectivity index (χ4n) is 1.78. The minimum atomic E-state index is -0.498. The van der Waals surface area contributed by atoms with E-state index in [1.165, 1.54) is 12.3 Å². The smallest absolute Gasteiger partial charge is 0.262 e. The molecule has 5 nitrogen and oxygen atoms in total. The minimum Gasteiger partial charge on any atom is -0.507 e. The molecular formula is C16H15BrClN3O2. The lowest BCUT2D eigenvalue weighted by molar-refractivity contribution is -0.121. The van der Waals surface area contributed by atoms with Gasteiger partial charge in [-0.3, -0.25) is 4.79 Å². The SMILES string of the molecule is C[C@@H](Nc1cccc(Cl)c1)C(=O)N/N=C/c1cc(Br)ccc1O. The van der Waals surface area contributed by atoms with Crippen molar-refractivity contribution in [3.63, 3.8) is 0 Å². The van der Waals surface area contributed by atoms with Gasteiger partial charge in [-0.05, 0) is 43.3 Å². The van der Waals surface area contributed by atoms with E-state index in [2.05, 4.69) is 31.8 Å². The van der Waals surface area contributed by atoms with Crippen LogP contribution in [0.25, 0.3) is 0 Å². The Morgan fingerprint density at radius 1 is 1.35 bits per heavy atom. The number of phenolic OH excluding ortho intramolecular Hbond substituents is 1. The Kier molecular flexibility index (Phi) is 6.01. The Balaban J connectivity index is 1.93. The van der Waals surface area contributed by atoms with Crippen molar-refractivity contribution in [2.45, 2.75) is 13.0 Å². The third-order valence-electron chi connectivity index (χ3n) is 2.97. The second-order valence-electron chi connectivity index (χ2n) is 4.81. The van der Waals surface area contributed by atoms with Crippen molar-refractivity contribution in [1.82, 2.24) is 5.43 Å². The van der Waals surface area contributed by atoms with Gasteiger partial charge in [0.05, 0.1) is 6.21 Å². The van der Waals surface area contributed by atoms with Gasteiger partial charge < -0.3 is 10.4 Å². The fourth-order valence-corrected chi connectivity index (χ4v) is 2.35. The quantitative estimate of drug-likeness (QED) is 0.532. The molecule has 0 aliphatic rings. The molecular weight excluding hydrogens is 382 g/mol. The number of aromatic hydroxyl groups is 1. The minimum absolute atomic E-state index is 0.0799. The lowest BCUT2D eigenvalue weighted by Crippen LogP contribution is -2.34. The van der Waals surface area contributed by atoms with Crippen molar-refractivity contribution in [3.8, 4) is 5.75 Å². The van der Waals surface area contributed by atoms with Crippen LogP contribution in [0.15, 0.2) is 52.0 Å². The monoisotopic (exact) mass is 395 g/mol. The molecule has 2 aromatic rings. The number of hydrogen-bond donors (Lipinski definition) is 3. The van der Waals surface area contributed by atoms with Crippen LogP contribution in [0.1, 0.15) is 12.5 Å². The van der Waals surface area contributed by atoms with Crippen molar-refractivity contribution in [2.75, 3.05) is 5.32 Å². The Hall–Kier alpha value is -2.05. The molecule has 0 radical (unpaired) electrons. The van der Waals surface area contributed by atoms with Gasteiger partial charge >= 0.3 is 0 Å². The molecule has 0 aliphatic heterocycles. The molecule has 0 saturated carbocycles. The summed E-state index contributed by atoms with van der Waals surface area (Å²) in [7, 11) is 0. The van der Waals surface area contributed by atoms with E-state index in [0.717, 1.165) is 10.2 Å². The van der Waals surface area contributed by atoms with E-state index in [9.17, 15) is 9.90 Å². The molecule has 3 N–H and O–H groups in total. The van der Waals surface area contributed by atoms with Crippen LogP contribution in [0.5, 0.6) is 5.75 Å². The number of nitrogens with zero attached hydrogens (tertiary/aromatic N) is 1. The van der Waals surface area contributed by atoms with Gasteiger partial charge in [-0.25, -0.2) is 5.43 Å². The van der Waals surface area contributed by atoms with Gasteiger partial charge in [0.25, 0.3) is 5.91 Å². The topological polar surface area (TPSA) is 73.7 Å². The zero-order valence-electron chi connectivity index (χ0n) is 12.3. The molecule has 2 rings (SSSR count). The number of hydrogen-bond acceptors (Lipinski definition) is 4. The average Bonchev–Trinajstić information content (AvgIpc) is 2.50. The largest absolute Gasteiger partial charge is 0.507 e. The molecule has 0 heterocycles. The number of halogens is 2. The highest BCUT2D eigenvalue weighted by molar-refractivity contribution is 9.10. The van der Waals surface area contributed by atoms with Crippen molar-refractivity contribution >= 4 is 45.3 Å². The third-order valence-corrected chi connectivity index (χ3v) is 3.70. The van der Waals surface area contributed by atoms with E-state index in [0.29, 0.717) is 10.6 Å². The predicted molar refractivity (Wildman–Crippen MR) is 96.1 cm³/mol. The molecule has 1 atom stereocenters. The van der Waals surface area contributed by atoms with Gasteiger partial charge in [-0.15, -0.1) is 0 Å². The van der Waals surface area contributed by atoms with Crippen LogP contribution in [0.4, 0.5) is 5.69 Å². The first-order valence-corrected chi connectivity index (χ1v) is 7.96. The van der Waals surface area contributed by atoms with E-state index >= 15 is 0 Å². The van der Waals surface area contributed by atoms with Gasteiger partial charge in [-0.1, -0.05) is 33.6 Å². The van der Waals surface area contributed by atoms with Crippen LogP contribution in [-0.4, -0.2) is 23.3 Å². The van der Waals surface area contributed by atoms with Crippen LogP contribution in [-0.2, 0) is 4.79 Å². The third kappa shape index (κ3) is 5.26. The molecule has 23 heavy (non-hydrogen) atoms. The summed E-state index contributed by atoms with van der Waals surface area (Å²) in [6.45, 7) is 1.71. The lowest BCUT2D eigenvalue weighted by Gasteiger charge is -2.13. The summed E-state index contributed by atoms with van der Waals surface area (Å²) >= 11 is 9.20. The standard InChI is InChI=1S/C16H15BrClN3O2/c1-10(20-14-4-2-3-13(18)8-14)16(23)21-19-9-11-7-12(17)5-6-15(11)22/h2-10,20,22H,1H3,(H,21,23)/b19-9+/t10-/m1/s1. The highest BCUT2D eigenvalue weighted by atomic mass is 79.9. The maximum absolute atomic E-state index is 12.0. The summed E-state index contributed by atoms with van der Waals surface area (Å²) in [6.07, 6.45) is 1.38. The maximum Gasteiger partial charge on any atom is 0.262 e. The van der Waals surface area contributed by atoms with Crippen LogP contribution >= 0.6 is 27.5 Å². The molecule has 2 aromatic carbocycles. The summed E-state index contributed by atoms with van der Waals surface area (Å²) in [4.78, 5) is 12.0. The average molecular weight is 397 g/mol. The molecule has 7 heteroatoms. The normalized spacial score (nSPS) is 12.1. The van der Waals surface area contributed by atoms with E-state index in [4.69, 9.17) is 11.6 Å². The Morgan fingerprint density at radius 2 is 2.13 bits per heavy atom. The van der Waals surface area contributed by atoms with E-state index in [-0.39, 0.29) is 11.7 Å². The Labute approximate surface area is 147 Å². The van der Waals surface area contributed by atoms with Gasteiger partial charge in [-0.2, -0.15) is 5.10 Å². The Morgan fingerprint density at radius 3 is 2.87 bits per heavy atom. The zero-order valence-corrected chi connectivity index (χ0v) is 14.6. The molecule has 1 amide bonds. The predicted octanol–water partition coefficient (Wildman–Crippen LogP) is 3.76. The van der Waals surface area contributed by atoms with Gasteiger partial charge in [0.1, 0.15) is 11.8 Å². The number of benzene rings is 2. The van der Waals surface area contributed by atoms with Crippen molar-refractivity contribution < 1.29 is 9.90 Å². The highest BCUT2D eigenvalue weighted by Crippen LogP contribution is 2.20. The number of carbonyl (C=O) groups excluding carboxylic acids is 1. The van der Waals surface area contributed by atoms with Crippen LogP contribution in [0, 0.1) is 0 Å². The summed E-state index contributed by atoms with van der Waals surface area (Å²) in [5, 5.41) is 17.1. The number of rotatable bonds is 5. The summed E-state index contributed by atoms with van der Waals surface area (Å²) in [5.74, 6) is -0.230. The molecule has 0 aromatic heterocycles. The molecule has 0 bridgehead atoms. The summed E-state index contributed by atoms with van der Waals surface area (Å²) in [6, 6.07) is 11.5. The first kappa shape index (κ1) is 17.3. The number of phenols is 1. The van der Waals surface area contributed by atoms with Gasteiger partial charge in [0.15, 0.2) is 0 Å². The lowest BCUT2D eigenvalue weighted by atomic mass is 10.2. The van der Waals surface area contributed by atoms with Gasteiger partial charge in [0, 0.05) is 20.7 Å². The van der Waals surface area contributed by atoms with Crippen molar-refractivity contribution in [2.24, 2.45) is 5.10 Å². The number of hydrazone groups is 1. The molecule has 0 aliphatic carbocycles. The molecule has 0 fully saturated rings. The second-order valence-corrected chi connectivity index (χ2v) is 6.17. The van der Waals surface area contributed by atoms with Crippen LogP contribution in [0.3, 0.4) is 0 Å².